The van der Waals surface area contributed by atoms with Gasteiger partial charge >= 0.3 is 5.97 Å². The van der Waals surface area contributed by atoms with E-state index in [1.54, 1.807) is 23.7 Å². The second kappa shape index (κ2) is 7.15. The molecule has 0 saturated heterocycles. The van der Waals surface area contributed by atoms with Crippen molar-refractivity contribution >= 4 is 17.3 Å². The second-order valence-corrected chi connectivity index (χ2v) is 6.18. The number of rotatable bonds is 5. The van der Waals surface area contributed by atoms with Crippen LogP contribution in [-0.2, 0) is 22.6 Å². The van der Waals surface area contributed by atoms with Gasteiger partial charge in [0.1, 0.15) is 11.6 Å². The van der Waals surface area contributed by atoms with Crippen LogP contribution in [0, 0.1) is 6.92 Å². The molecule has 0 unspecified atom stereocenters. The lowest BCUT2D eigenvalue weighted by molar-refractivity contribution is -0.144. The van der Waals surface area contributed by atoms with Gasteiger partial charge < -0.3 is 4.74 Å². The van der Waals surface area contributed by atoms with Crippen LogP contribution in [0.5, 0.6) is 0 Å². The third-order valence-corrected chi connectivity index (χ3v) is 4.53. The molecule has 0 N–H and O–H groups in total. The number of aromatic nitrogens is 2. The van der Waals surface area contributed by atoms with Gasteiger partial charge in [0.05, 0.1) is 17.0 Å². The van der Waals surface area contributed by atoms with Gasteiger partial charge in [-0.25, -0.2) is 4.98 Å². The second-order valence-electron chi connectivity index (χ2n) is 5.09. The number of carbonyl (C=O) groups excluding carboxylic acids is 1. The van der Waals surface area contributed by atoms with E-state index in [1.807, 2.05) is 49.4 Å². The molecule has 3 rings (SSSR count). The number of carbonyl (C=O) groups is 1. The Morgan fingerprint density at radius 1 is 1.17 bits per heavy atom. The molecule has 1 aromatic carbocycles. The molecule has 2 aromatic heterocycles. The normalized spacial score (nSPS) is 10.5. The van der Waals surface area contributed by atoms with Gasteiger partial charge in [-0.15, -0.1) is 11.3 Å². The number of nitrogens with zero attached hydrogens (tertiary/aromatic N) is 2. The minimum absolute atomic E-state index is 0.233. The highest BCUT2D eigenvalue weighted by Crippen LogP contribution is 2.28. The van der Waals surface area contributed by atoms with Crippen molar-refractivity contribution in [3.05, 3.63) is 71.0 Å². The number of benzene rings is 1. The molecule has 0 aliphatic heterocycles. The lowest BCUT2D eigenvalue weighted by Gasteiger charge is -2.03. The van der Waals surface area contributed by atoms with Crippen LogP contribution in [0.25, 0.3) is 10.6 Å². The molecule has 5 heteroatoms. The summed E-state index contributed by atoms with van der Waals surface area (Å²) in [4.78, 5) is 21.4. The van der Waals surface area contributed by atoms with E-state index in [4.69, 9.17) is 4.74 Å². The van der Waals surface area contributed by atoms with Gasteiger partial charge in [-0.1, -0.05) is 36.4 Å². The number of hydrogen-bond acceptors (Lipinski definition) is 5. The largest absolute Gasteiger partial charge is 0.460 e. The maximum absolute atomic E-state index is 11.9. The number of thiazole rings is 1. The summed E-state index contributed by atoms with van der Waals surface area (Å²) in [6.45, 7) is 2.20. The summed E-state index contributed by atoms with van der Waals surface area (Å²) in [5.41, 5.74) is 2.83. The minimum Gasteiger partial charge on any atom is -0.460 e. The highest BCUT2D eigenvalue weighted by molar-refractivity contribution is 7.15. The van der Waals surface area contributed by atoms with Crippen LogP contribution in [0.4, 0.5) is 0 Å². The topological polar surface area (TPSA) is 52.1 Å². The predicted molar refractivity (Wildman–Crippen MR) is 90.0 cm³/mol. The zero-order valence-corrected chi connectivity index (χ0v) is 13.5. The average molecular weight is 324 g/mol. The summed E-state index contributed by atoms with van der Waals surface area (Å²) in [6.07, 6.45) is 3.59. The minimum atomic E-state index is -0.257. The first-order chi connectivity index (χ1) is 11.2. The monoisotopic (exact) mass is 324 g/mol. The molecule has 0 spiro atoms. The van der Waals surface area contributed by atoms with Crippen molar-refractivity contribution in [2.45, 2.75) is 20.0 Å². The molecule has 0 fully saturated rings. The maximum atomic E-state index is 11.9. The fourth-order valence-electron chi connectivity index (χ4n) is 2.13. The van der Waals surface area contributed by atoms with E-state index >= 15 is 0 Å². The maximum Gasteiger partial charge on any atom is 0.310 e. The molecule has 2 heterocycles. The standard InChI is InChI=1S/C18H16N2O2S/c1-13-16(23-18(20-13)15-7-3-2-4-8-15)12-22-17(21)10-14-6-5-9-19-11-14/h2-9,11H,10,12H2,1H3. The molecular weight excluding hydrogens is 308 g/mol. The van der Waals surface area contributed by atoms with Crippen LogP contribution >= 0.6 is 11.3 Å². The van der Waals surface area contributed by atoms with Crippen LogP contribution in [0.2, 0.25) is 0 Å². The third kappa shape index (κ3) is 4.02. The summed E-state index contributed by atoms with van der Waals surface area (Å²) < 4.78 is 5.37. The highest BCUT2D eigenvalue weighted by atomic mass is 32.1. The van der Waals surface area contributed by atoms with E-state index in [9.17, 15) is 4.79 Å². The molecule has 0 atom stereocenters. The van der Waals surface area contributed by atoms with E-state index in [2.05, 4.69) is 9.97 Å². The van der Waals surface area contributed by atoms with Crippen LogP contribution in [0.15, 0.2) is 54.9 Å². The quantitative estimate of drug-likeness (QED) is 0.670. The van der Waals surface area contributed by atoms with Gasteiger partial charge in [0.25, 0.3) is 0 Å². The zero-order valence-electron chi connectivity index (χ0n) is 12.7. The average Bonchev–Trinajstić information content (AvgIpc) is 2.96. The van der Waals surface area contributed by atoms with E-state index in [-0.39, 0.29) is 19.0 Å². The SMILES string of the molecule is Cc1nc(-c2ccccc2)sc1COC(=O)Cc1cccnc1. The highest BCUT2D eigenvalue weighted by Gasteiger charge is 2.12. The Morgan fingerprint density at radius 2 is 2.00 bits per heavy atom. The predicted octanol–water partition coefficient (Wildman–Crippen LogP) is 3.80. The molecule has 0 bridgehead atoms. The third-order valence-electron chi connectivity index (χ3n) is 3.35. The van der Waals surface area contributed by atoms with Gasteiger partial charge in [-0.3, -0.25) is 9.78 Å². The van der Waals surface area contributed by atoms with Gasteiger partial charge in [-0.05, 0) is 18.6 Å². The van der Waals surface area contributed by atoms with Crippen molar-refractivity contribution in [2.24, 2.45) is 0 Å². The van der Waals surface area contributed by atoms with E-state index < -0.39 is 0 Å². The Kier molecular flexibility index (Phi) is 4.78. The number of esters is 1. The van der Waals surface area contributed by atoms with Crippen molar-refractivity contribution in [1.82, 2.24) is 9.97 Å². The van der Waals surface area contributed by atoms with Gasteiger partial charge in [0.2, 0.25) is 0 Å². The van der Waals surface area contributed by atoms with Gasteiger partial charge in [-0.2, -0.15) is 0 Å². The van der Waals surface area contributed by atoms with E-state index in [0.717, 1.165) is 26.7 Å². The smallest absolute Gasteiger partial charge is 0.310 e. The van der Waals surface area contributed by atoms with E-state index in [1.165, 1.54) is 0 Å². The van der Waals surface area contributed by atoms with Crippen molar-refractivity contribution in [2.75, 3.05) is 0 Å². The fourth-order valence-corrected chi connectivity index (χ4v) is 3.11. The van der Waals surface area contributed by atoms with Crippen LogP contribution in [-0.4, -0.2) is 15.9 Å². The molecule has 23 heavy (non-hydrogen) atoms. The molecule has 3 aromatic rings. The first-order valence-corrected chi connectivity index (χ1v) is 8.10. The molecule has 0 saturated carbocycles. The lowest BCUT2D eigenvalue weighted by atomic mass is 10.2. The Hall–Kier alpha value is -2.53. The van der Waals surface area contributed by atoms with Gasteiger partial charge in [0, 0.05) is 18.0 Å². The molecule has 0 radical (unpaired) electrons. The van der Waals surface area contributed by atoms with Crippen LogP contribution < -0.4 is 0 Å². The first kappa shape index (κ1) is 15.4. The number of ether oxygens (including phenoxy) is 1. The van der Waals surface area contributed by atoms with Crippen molar-refractivity contribution in [3.63, 3.8) is 0 Å². The molecular formula is C18H16N2O2S. The summed E-state index contributed by atoms with van der Waals surface area (Å²) in [5.74, 6) is -0.257. The van der Waals surface area contributed by atoms with Crippen LogP contribution in [0.3, 0.4) is 0 Å². The van der Waals surface area contributed by atoms with Crippen LogP contribution in [0.1, 0.15) is 16.1 Å². The Labute approximate surface area is 138 Å². The molecule has 0 aliphatic rings. The van der Waals surface area contributed by atoms with Gasteiger partial charge in [0.15, 0.2) is 0 Å². The number of hydrogen-bond donors (Lipinski definition) is 0. The molecule has 0 aliphatic carbocycles. The zero-order chi connectivity index (χ0) is 16.1. The Bertz CT molecular complexity index is 785. The molecule has 4 nitrogen and oxygen atoms in total. The number of pyridine rings is 1. The lowest BCUT2D eigenvalue weighted by Crippen LogP contribution is -2.08. The van der Waals surface area contributed by atoms with E-state index in [0.29, 0.717) is 0 Å². The summed E-state index contributed by atoms with van der Waals surface area (Å²) in [5, 5.41) is 0.946. The Morgan fingerprint density at radius 3 is 2.74 bits per heavy atom. The van der Waals surface area contributed by atoms with Crippen molar-refractivity contribution < 1.29 is 9.53 Å². The summed E-state index contributed by atoms with van der Waals surface area (Å²) in [7, 11) is 0. The fraction of sp³-hybridized carbons (Fsp3) is 0.167. The number of aryl methyl sites for hydroxylation is 1. The first-order valence-electron chi connectivity index (χ1n) is 7.28. The molecule has 116 valence electrons. The molecule has 0 amide bonds. The summed E-state index contributed by atoms with van der Waals surface area (Å²) in [6, 6.07) is 13.7. The Balaban J connectivity index is 1.62. The summed E-state index contributed by atoms with van der Waals surface area (Å²) >= 11 is 1.56. The van der Waals surface area contributed by atoms with Crippen molar-refractivity contribution in [3.8, 4) is 10.6 Å². The van der Waals surface area contributed by atoms with Crippen molar-refractivity contribution in [1.29, 1.82) is 0 Å².